The maximum Gasteiger partial charge on any atom is 0.269 e. The molecule has 4 aromatic rings. The van der Waals surface area contributed by atoms with E-state index in [9.17, 15) is 4.79 Å². The number of pyridine rings is 1. The van der Waals surface area contributed by atoms with Crippen LogP contribution in [0, 0.1) is 30.6 Å². The number of hydrogen-bond acceptors (Lipinski definition) is 5. The molecule has 3 aromatic heterocycles. The van der Waals surface area contributed by atoms with Crippen LogP contribution >= 0.6 is 0 Å². The summed E-state index contributed by atoms with van der Waals surface area (Å²) in [5.41, 5.74) is 6.72. The Morgan fingerprint density at radius 2 is 1.84 bits per heavy atom. The lowest BCUT2D eigenvalue weighted by Gasteiger charge is -2.54. The normalized spacial score (nSPS) is 25.8. The van der Waals surface area contributed by atoms with Crippen LogP contribution in [0.5, 0.6) is 0 Å². The third-order valence-electron chi connectivity index (χ3n) is 9.33. The molecule has 196 valence electrons. The first-order chi connectivity index (χ1) is 18.6. The van der Waals surface area contributed by atoms with Gasteiger partial charge >= 0.3 is 0 Å². The van der Waals surface area contributed by atoms with Gasteiger partial charge in [0.2, 0.25) is 0 Å². The standard InChI is InChI=1S/C30H35N7O/c1-3-31-12-22-13-32-14-24(16(22)2)19-4-5-25-23(11-19)28(37-36-25)29-33-15-26(34-29)30(38)35-27-20-7-17-6-18(9-20)10-21(27)8-17/h4-5,11,13-15,17-18,20-21,27,31H,3,6-10,12H2,1-2H3,(H,33,34)(H,35,38)(H,36,37). The lowest BCUT2D eigenvalue weighted by Crippen LogP contribution is -2.55. The number of benzene rings is 1. The molecule has 0 spiro atoms. The molecule has 0 radical (unpaired) electrons. The highest BCUT2D eigenvalue weighted by Gasteiger charge is 2.48. The van der Waals surface area contributed by atoms with E-state index in [2.05, 4.69) is 61.8 Å². The molecule has 8 nitrogen and oxygen atoms in total. The minimum atomic E-state index is -0.0547. The lowest BCUT2D eigenvalue weighted by molar-refractivity contribution is -0.0120. The van der Waals surface area contributed by atoms with Gasteiger partial charge < -0.3 is 15.6 Å². The number of nitrogens with one attached hydrogen (secondary N) is 4. The van der Waals surface area contributed by atoms with Crippen molar-refractivity contribution in [1.29, 1.82) is 0 Å². The SMILES string of the molecule is CCNCc1cncc(-c2ccc3[nH]nc(-c4ncc(C(=O)NC5C6CC7CC(C6)CC5C7)[nH]4)c3c2)c1C. The number of imidazole rings is 1. The molecule has 0 aliphatic heterocycles. The van der Waals surface area contributed by atoms with Gasteiger partial charge in [-0.3, -0.25) is 14.9 Å². The summed E-state index contributed by atoms with van der Waals surface area (Å²) in [4.78, 5) is 25.6. The molecule has 38 heavy (non-hydrogen) atoms. The summed E-state index contributed by atoms with van der Waals surface area (Å²) in [7, 11) is 0. The number of aromatic amines is 2. The van der Waals surface area contributed by atoms with E-state index >= 15 is 0 Å². The van der Waals surface area contributed by atoms with Gasteiger partial charge in [-0.1, -0.05) is 13.0 Å². The largest absolute Gasteiger partial charge is 0.347 e. The Balaban J connectivity index is 1.14. The summed E-state index contributed by atoms with van der Waals surface area (Å²) in [6, 6.07) is 6.57. The van der Waals surface area contributed by atoms with Crippen molar-refractivity contribution in [3.05, 3.63) is 53.6 Å². The Labute approximate surface area is 222 Å². The molecule has 4 aliphatic rings. The number of carbonyl (C=O) groups excluding carboxylic acids is 1. The van der Waals surface area contributed by atoms with Crippen molar-refractivity contribution in [2.24, 2.45) is 23.7 Å². The molecule has 0 unspecified atom stereocenters. The molecular weight excluding hydrogens is 474 g/mol. The van der Waals surface area contributed by atoms with E-state index in [4.69, 9.17) is 0 Å². The zero-order valence-electron chi connectivity index (χ0n) is 22.1. The van der Waals surface area contributed by atoms with E-state index in [0.29, 0.717) is 35.1 Å². The molecule has 1 amide bonds. The van der Waals surface area contributed by atoms with Crippen LogP contribution in [0.1, 0.15) is 60.6 Å². The first-order valence-electron chi connectivity index (χ1n) is 14.1. The highest BCUT2D eigenvalue weighted by Crippen LogP contribution is 2.53. The van der Waals surface area contributed by atoms with Gasteiger partial charge in [-0.25, -0.2) is 4.98 Å². The van der Waals surface area contributed by atoms with E-state index in [1.165, 1.54) is 43.2 Å². The van der Waals surface area contributed by atoms with Gasteiger partial charge in [0.05, 0.1) is 11.7 Å². The van der Waals surface area contributed by atoms with Gasteiger partial charge in [-0.15, -0.1) is 0 Å². The Morgan fingerprint density at radius 3 is 2.61 bits per heavy atom. The van der Waals surface area contributed by atoms with Crippen molar-refractivity contribution in [2.45, 2.75) is 58.5 Å². The molecule has 8 heteroatoms. The van der Waals surface area contributed by atoms with Gasteiger partial charge in [0.15, 0.2) is 5.82 Å². The van der Waals surface area contributed by atoms with Crippen molar-refractivity contribution in [3.63, 3.8) is 0 Å². The fraction of sp³-hybridized carbons (Fsp3) is 0.467. The van der Waals surface area contributed by atoms with Gasteiger partial charge in [0, 0.05) is 35.9 Å². The van der Waals surface area contributed by atoms with Gasteiger partial charge in [-0.05, 0) is 98.1 Å². The highest BCUT2D eigenvalue weighted by atomic mass is 16.2. The zero-order chi connectivity index (χ0) is 25.8. The smallest absolute Gasteiger partial charge is 0.269 e. The zero-order valence-corrected chi connectivity index (χ0v) is 22.1. The predicted molar refractivity (Wildman–Crippen MR) is 147 cm³/mol. The van der Waals surface area contributed by atoms with Crippen molar-refractivity contribution in [2.75, 3.05) is 6.54 Å². The maximum atomic E-state index is 13.2. The van der Waals surface area contributed by atoms with Gasteiger partial charge in [-0.2, -0.15) is 5.10 Å². The number of fused-ring (bicyclic) bond motifs is 1. The lowest BCUT2D eigenvalue weighted by atomic mass is 9.54. The average Bonchev–Trinajstić information content (AvgIpc) is 3.57. The van der Waals surface area contributed by atoms with Crippen LogP contribution in [0.3, 0.4) is 0 Å². The second kappa shape index (κ2) is 9.34. The fourth-order valence-corrected chi connectivity index (χ4v) is 7.61. The number of hydrogen-bond donors (Lipinski definition) is 4. The fourth-order valence-electron chi connectivity index (χ4n) is 7.61. The van der Waals surface area contributed by atoms with Gasteiger partial charge in [0.1, 0.15) is 11.4 Å². The first kappa shape index (κ1) is 23.6. The van der Waals surface area contributed by atoms with Crippen LogP contribution in [-0.4, -0.2) is 43.6 Å². The minimum absolute atomic E-state index is 0.0547. The molecule has 0 atom stereocenters. The van der Waals surface area contributed by atoms with Crippen molar-refractivity contribution < 1.29 is 4.79 Å². The number of H-pyrrole nitrogens is 2. The third-order valence-corrected chi connectivity index (χ3v) is 9.33. The summed E-state index contributed by atoms with van der Waals surface area (Å²) in [5, 5.41) is 15.4. The van der Waals surface area contributed by atoms with E-state index in [1.807, 2.05) is 18.5 Å². The predicted octanol–water partition coefficient (Wildman–Crippen LogP) is 4.99. The van der Waals surface area contributed by atoms with Crippen molar-refractivity contribution in [1.82, 2.24) is 35.8 Å². The molecule has 4 saturated carbocycles. The number of aromatic nitrogens is 5. The Kier molecular flexibility index (Phi) is 5.80. The summed E-state index contributed by atoms with van der Waals surface area (Å²) in [6.45, 7) is 5.96. The van der Waals surface area contributed by atoms with E-state index in [1.54, 1.807) is 6.20 Å². The van der Waals surface area contributed by atoms with E-state index in [-0.39, 0.29) is 5.91 Å². The number of rotatable bonds is 7. The molecule has 8 rings (SSSR count). The van der Waals surface area contributed by atoms with E-state index < -0.39 is 0 Å². The molecule has 4 aliphatic carbocycles. The minimum Gasteiger partial charge on any atom is -0.347 e. The monoisotopic (exact) mass is 509 g/mol. The number of amides is 1. The van der Waals surface area contributed by atoms with Crippen LogP contribution in [0.2, 0.25) is 0 Å². The van der Waals surface area contributed by atoms with Crippen LogP contribution in [0.15, 0.2) is 36.8 Å². The second-order valence-corrected chi connectivity index (χ2v) is 11.7. The topological polar surface area (TPSA) is 111 Å². The van der Waals surface area contributed by atoms with Crippen LogP contribution < -0.4 is 10.6 Å². The maximum absolute atomic E-state index is 13.2. The first-order valence-corrected chi connectivity index (χ1v) is 14.1. The van der Waals surface area contributed by atoms with Crippen LogP contribution in [-0.2, 0) is 6.54 Å². The summed E-state index contributed by atoms with van der Waals surface area (Å²) < 4.78 is 0. The molecular formula is C30H35N7O. The second-order valence-electron chi connectivity index (χ2n) is 11.7. The Bertz CT molecular complexity index is 1470. The highest BCUT2D eigenvalue weighted by molar-refractivity contribution is 5.96. The summed E-state index contributed by atoms with van der Waals surface area (Å²) >= 11 is 0. The van der Waals surface area contributed by atoms with Gasteiger partial charge in [0.25, 0.3) is 5.91 Å². The third kappa shape index (κ3) is 4.02. The molecule has 4 bridgehead atoms. The average molecular weight is 510 g/mol. The van der Waals surface area contributed by atoms with Crippen molar-refractivity contribution >= 4 is 16.8 Å². The van der Waals surface area contributed by atoms with Crippen molar-refractivity contribution in [3.8, 4) is 22.6 Å². The Morgan fingerprint density at radius 1 is 1.05 bits per heavy atom. The summed E-state index contributed by atoms with van der Waals surface area (Å²) in [5.74, 6) is 3.59. The molecule has 0 saturated heterocycles. The quantitative estimate of drug-likeness (QED) is 0.281. The molecule has 4 fully saturated rings. The number of carbonyl (C=O) groups is 1. The number of nitrogens with zero attached hydrogens (tertiary/aromatic N) is 3. The van der Waals surface area contributed by atoms with Crippen LogP contribution in [0.25, 0.3) is 33.5 Å². The van der Waals surface area contributed by atoms with E-state index in [0.717, 1.165) is 47.0 Å². The van der Waals surface area contributed by atoms with Crippen LogP contribution in [0.4, 0.5) is 0 Å². The molecule has 4 N–H and O–H groups in total. The molecule has 1 aromatic carbocycles. The molecule has 3 heterocycles. The summed E-state index contributed by atoms with van der Waals surface area (Å²) in [6.07, 6.45) is 12.0. The Hall–Kier alpha value is -3.52.